The average Bonchev–Trinajstić information content (AvgIpc) is 2.70. The van der Waals surface area contributed by atoms with Crippen LogP contribution >= 0.6 is 0 Å². The van der Waals surface area contributed by atoms with E-state index in [2.05, 4.69) is 11.4 Å². The molecule has 0 spiro atoms. The number of hydrogen-bond acceptors (Lipinski definition) is 5. The summed E-state index contributed by atoms with van der Waals surface area (Å²) < 4.78 is 9.62. The van der Waals surface area contributed by atoms with Gasteiger partial charge in [0.1, 0.15) is 0 Å². The molecular formula is C16H23NO6. The SMILES string of the molecule is CC(=O)OC(C)OC(=O)NCC1(CC(=O)O)CC2CC(C)=CC21. The lowest BCUT2D eigenvalue weighted by molar-refractivity contribution is -0.162. The van der Waals surface area contributed by atoms with Crippen LogP contribution in [0.15, 0.2) is 11.6 Å². The van der Waals surface area contributed by atoms with E-state index in [4.69, 9.17) is 9.47 Å². The molecule has 0 heterocycles. The number of ether oxygens (including phenoxy) is 2. The number of aliphatic carboxylic acids is 1. The highest BCUT2D eigenvalue weighted by Gasteiger charge is 2.55. The van der Waals surface area contributed by atoms with E-state index in [9.17, 15) is 19.5 Å². The van der Waals surface area contributed by atoms with E-state index in [-0.39, 0.29) is 18.9 Å². The molecule has 1 amide bonds. The number of carbonyl (C=O) groups is 3. The van der Waals surface area contributed by atoms with Crippen molar-refractivity contribution in [3.63, 3.8) is 0 Å². The van der Waals surface area contributed by atoms with E-state index in [1.165, 1.54) is 19.4 Å². The predicted octanol–water partition coefficient (Wildman–Crippen LogP) is 2.07. The first kappa shape index (κ1) is 17.3. The normalized spacial score (nSPS) is 29.6. The molecule has 2 N–H and O–H groups in total. The van der Waals surface area contributed by atoms with Crippen molar-refractivity contribution in [3.8, 4) is 0 Å². The Labute approximate surface area is 135 Å². The van der Waals surface area contributed by atoms with Crippen LogP contribution in [-0.4, -0.2) is 36.0 Å². The molecule has 23 heavy (non-hydrogen) atoms. The van der Waals surface area contributed by atoms with Gasteiger partial charge < -0.3 is 19.9 Å². The summed E-state index contributed by atoms with van der Waals surface area (Å²) in [5.41, 5.74) is 0.816. The van der Waals surface area contributed by atoms with Crippen molar-refractivity contribution in [2.24, 2.45) is 17.3 Å². The Morgan fingerprint density at radius 2 is 2.13 bits per heavy atom. The molecule has 0 aromatic rings. The second kappa shape index (κ2) is 6.60. The fraction of sp³-hybridized carbons (Fsp3) is 0.688. The maximum absolute atomic E-state index is 11.8. The summed E-state index contributed by atoms with van der Waals surface area (Å²) in [6, 6.07) is 0. The van der Waals surface area contributed by atoms with Gasteiger partial charge in [0, 0.05) is 25.8 Å². The average molecular weight is 325 g/mol. The number of carboxylic acid groups (broad SMARTS) is 1. The van der Waals surface area contributed by atoms with E-state index in [1.807, 2.05) is 6.92 Å². The number of allylic oxidation sites excluding steroid dienone is 2. The monoisotopic (exact) mass is 325 g/mol. The maximum Gasteiger partial charge on any atom is 0.410 e. The van der Waals surface area contributed by atoms with Gasteiger partial charge in [-0.05, 0) is 31.6 Å². The van der Waals surface area contributed by atoms with Crippen LogP contribution in [0.2, 0.25) is 0 Å². The Kier molecular flexibility index (Phi) is 4.97. The number of carbonyl (C=O) groups excluding carboxylic acids is 2. The third kappa shape index (κ3) is 4.03. The van der Waals surface area contributed by atoms with Crippen molar-refractivity contribution in [1.29, 1.82) is 0 Å². The fourth-order valence-corrected chi connectivity index (χ4v) is 3.87. The molecule has 2 aliphatic rings. The molecule has 0 aromatic carbocycles. The zero-order chi connectivity index (χ0) is 17.2. The number of alkyl carbamates (subject to hydrolysis) is 1. The first-order valence-corrected chi connectivity index (χ1v) is 7.72. The summed E-state index contributed by atoms with van der Waals surface area (Å²) in [5, 5.41) is 11.8. The molecule has 4 atom stereocenters. The second-order valence-electron chi connectivity index (χ2n) is 6.58. The molecule has 0 saturated heterocycles. The topological polar surface area (TPSA) is 102 Å². The molecule has 0 aliphatic heterocycles. The minimum atomic E-state index is -0.981. The molecule has 0 aromatic heterocycles. The number of carboxylic acids is 1. The number of fused-ring (bicyclic) bond motifs is 1. The van der Waals surface area contributed by atoms with Gasteiger partial charge >= 0.3 is 18.0 Å². The highest BCUT2D eigenvalue weighted by Crippen LogP contribution is 2.59. The molecule has 4 unspecified atom stereocenters. The van der Waals surface area contributed by atoms with E-state index < -0.39 is 29.7 Å². The van der Waals surface area contributed by atoms with Gasteiger partial charge in [0.15, 0.2) is 0 Å². The third-order valence-electron chi connectivity index (χ3n) is 4.62. The minimum absolute atomic E-state index is 0.0116. The number of amides is 1. The third-order valence-corrected chi connectivity index (χ3v) is 4.62. The van der Waals surface area contributed by atoms with Gasteiger partial charge in [0.05, 0.1) is 6.42 Å². The van der Waals surface area contributed by atoms with Crippen LogP contribution in [0.5, 0.6) is 0 Å². The summed E-state index contributed by atoms with van der Waals surface area (Å²) in [7, 11) is 0. The van der Waals surface area contributed by atoms with E-state index in [1.54, 1.807) is 0 Å². The molecule has 128 valence electrons. The van der Waals surface area contributed by atoms with Gasteiger partial charge in [0.25, 0.3) is 0 Å². The van der Waals surface area contributed by atoms with Crippen molar-refractivity contribution in [1.82, 2.24) is 5.32 Å². The van der Waals surface area contributed by atoms with Crippen LogP contribution in [0.1, 0.15) is 40.0 Å². The number of esters is 1. The van der Waals surface area contributed by atoms with Gasteiger partial charge in [-0.3, -0.25) is 9.59 Å². The number of nitrogens with one attached hydrogen (secondary N) is 1. The predicted molar refractivity (Wildman–Crippen MR) is 80.4 cm³/mol. The Morgan fingerprint density at radius 1 is 1.43 bits per heavy atom. The lowest BCUT2D eigenvalue weighted by Gasteiger charge is -2.51. The fourth-order valence-electron chi connectivity index (χ4n) is 3.87. The van der Waals surface area contributed by atoms with Crippen LogP contribution < -0.4 is 5.32 Å². The first-order chi connectivity index (χ1) is 10.7. The lowest BCUT2D eigenvalue weighted by Crippen LogP contribution is -2.53. The second-order valence-corrected chi connectivity index (χ2v) is 6.58. The van der Waals surface area contributed by atoms with Gasteiger partial charge in [-0.1, -0.05) is 11.6 Å². The van der Waals surface area contributed by atoms with Crippen LogP contribution in [0.25, 0.3) is 0 Å². The highest BCUT2D eigenvalue weighted by molar-refractivity contribution is 5.70. The van der Waals surface area contributed by atoms with Crippen molar-refractivity contribution in [2.45, 2.75) is 46.3 Å². The summed E-state index contributed by atoms with van der Waals surface area (Å²) >= 11 is 0. The lowest BCUT2D eigenvalue weighted by atomic mass is 9.53. The van der Waals surface area contributed by atoms with Gasteiger partial charge in [-0.15, -0.1) is 0 Å². The van der Waals surface area contributed by atoms with Crippen molar-refractivity contribution in [3.05, 3.63) is 11.6 Å². The first-order valence-electron chi connectivity index (χ1n) is 7.72. The van der Waals surface area contributed by atoms with Gasteiger partial charge in [-0.2, -0.15) is 0 Å². The zero-order valence-corrected chi connectivity index (χ0v) is 13.6. The van der Waals surface area contributed by atoms with Crippen LogP contribution in [-0.2, 0) is 19.1 Å². The van der Waals surface area contributed by atoms with Crippen LogP contribution in [0, 0.1) is 17.3 Å². The molecule has 7 nitrogen and oxygen atoms in total. The van der Waals surface area contributed by atoms with Crippen molar-refractivity contribution >= 4 is 18.0 Å². The Balaban J connectivity index is 1.91. The minimum Gasteiger partial charge on any atom is -0.481 e. The van der Waals surface area contributed by atoms with E-state index >= 15 is 0 Å². The molecule has 2 aliphatic carbocycles. The van der Waals surface area contributed by atoms with Crippen molar-refractivity contribution in [2.75, 3.05) is 6.54 Å². The smallest absolute Gasteiger partial charge is 0.410 e. The molecule has 1 saturated carbocycles. The van der Waals surface area contributed by atoms with Crippen molar-refractivity contribution < 1.29 is 29.0 Å². The molecule has 1 fully saturated rings. The quantitative estimate of drug-likeness (QED) is 0.440. The van der Waals surface area contributed by atoms with Gasteiger partial charge in [-0.25, -0.2) is 4.79 Å². The van der Waals surface area contributed by atoms with Crippen LogP contribution in [0.4, 0.5) is 4.79 Å². The summed E-state index contributed by atoms with van der Waals surface area (Å²) in [6.45, 7) is 4.95. The van der Waals surface area contributed by atoms with Gasteiger partial charge in [0.2, 0.25) is 6.29 Å². The summed E-state index contributed by atoms with van der Waals surface area (Å²) in [4.78, 5) is 33.8. The van der Waals surface area contributed by atoms with Crippen LogP contribution in [0.3, 0.4) is 0 Å². The largest absolute Gasteiger partial charge is 0.481 e. The Morgan fingerprint density at radius 3 is 2.70 bits per heavy atom. The molecule has 7 heteroatoms. The Hall–Kier alpha value is -2.05. The zero-order valence-electron chi connectivity index (χ0n) is 13.6. The Bertz CT molecular complexity index is 543. The van der Waals surface area contributed by atoms with E-state index in [0.29, 0.717) is 5.92 Å². The highest BCUT2D eigenvalue weighted by atomic mass is 16.7. The molecule has 0 radical (unpaired) electrons. The van der Waals surface area contributed by atoms with E-state index in [0.717, 1.165) is 12.8 Å². The molecule has 0 bridgehead atoms. The summed E-state index contributed by atoms with van der Waals surface area (Å²) in [6.07, 6.45) is 2.22. The molecule has 2 rings (SSSR count). The standard InChI is InChI=1S/C16H23NO6/c1-9-4-12-6-16(7-14(19)20,13(12)5-9)8-17-15(21)23-11(3)22-10(2)18/h5,11-13H,4,6-8H2,1-3H3,(H,17,21)(H,19,20). The number of hydrogen-bond donors (Lipinski definition) is 2. The molecular weight excluding hydrogens is 302 g/mol. The maximum atomic E-state index is 11.8. The summed E-state index contributed by atoms with van der Waals surface area (Å²) in [5.74, 6) is -0.747. The number of rotatable bonds is 6.